The molecule has 0 aromatic rings. The van der Waals surface area contributed by atoms with Crippen LogP contribution >= 0.6 is 0 Å². The molecule has 0 heterocycles. The second-order valence-electron chi connectivity index (χ2n) is 17.0. The van der Waals surface area contributed by atoms with Gasteiger partial charge in [-0.25, -0.2) is 0 Å². The van der Waals surface area contributed by atoms with Crippen molar-refractivity contribution in [2.75, 3.05) is 19.8 Å². The van der Waals surface area contributed by atoms with E-state index in [1.807, 2.05) is 0 Å². The highest BCUT2D eigenvalue weighted by Gasteiger charge is 2.17. The highest BCUT2D eigenvalue weighted by molar-refractivity contribution is 5.70. The number of rotatable bonds is 47. The van der Waals surface area contributed by atoms with Gasteiger partial charge in [0, 0.05) is 19.4 Å². The zero-order valence-corrected chi connectivity index (χ0v) is 40.0. The van der Waals surface area contributed by atoms with Gasteiger partial charge in [0.05, 0.1) is 6.61 Å². The maximum Gasteiger partial charge on any atom is 0.306 e. The van der Waals surface area contributed by atoms with Crippen LogP contribution in [0.3, 0.4) is 0 Å². The molecule has 0 fully saturated rings. The van der Waals surface area contributed by atoms with Gasteiger partial charge in [-0.15, -0.1) is 0 Å². The summed E-state index contributed by atoms with van der Waals surface area (Å²) in [5.41, 5.74) is 0. The quantitative estimate of drug-likeness (QED) is 0.0347. The molecule has 0 aromatic carbocycles. The van der Waals surface area contributed by atoms with E-state index in [0.717, 1.165) is 89.9 Å². The van der Waals surface area contributed by atoms with Crippen LogP contribution in [-0.4, -0.2) is 37.9 Å². The average molecular weight is 839 g/mol. The minimum absolute atomic E-state index is 0.0706. The van der Waals surface area contributed by atoms with Gasteiger partial charge >= 0.3 is 11.9 Å². The first kappa shape index (κ1) is 57.6. The molecular weight excluding hydrogens is 741 g/mol. The first-order valence-electron chi connectivity index (χ1n) is 25.8. The fraction of sp³-hybridized carbons (Fsp3) is 0.782. The van der Waals surface area contributed by atoms with Crippen LogP contribution in [0.25, 0.3) is 0 Å². The van der Waals surface area contributed by atoms with E-state index in [2.05, 4.69) is 81.5 Å². The minimum Gasteiger partial charge on any atom is -0.462 e. The Morgan fingerprint density at radius 3 is 1.27 bits per heavy atom. The van der Waals surface area contributed by atoms with E-state index < -0.39 is 6.10 Å². The Kier molecular flexibility index (Phi) is 48.9. The lowest BCUT2D eigenvalue weighted by Gasteiger charge is -2.18. The van der Waals surface area contributed by atoms with Crippen molar-refractivity contribution in [3.8, 4) is 0 Å². The van der Waals surface area contributed by atoms with Crippen molar-refractivity contribution in [2.24, 2.45) is 0 Å². The molecule has 0 bridgehead atoms. The monoisotopic (exact) mass is 839 g/mol. The molecule has 0 aliphatic rings. The lowest BCUT2D eigenvalue weighted by Crippen LogP contribution is -2.30. The van der Waals surface area contributed by atoms with Gasteiger partial charge in [-0.2, -0.15) is 0 Å². The molecule has 0 radical (unpaired) electrons. The maximum atomic E-state index is 12.8. The van der Waals surface area contributed by atoms with Gasteiger partial charge in [0.1, 0.15) is 6.61 Å². The van der Waals surface area contributed by atoms with Crippen LogP contribution in [0.4, 0.5) is 0 Å². The highest BCUT2D eigenvalue weighted by atomic mass is 16.6. The Bertz CT molecular complexity index is 1040. The summed E-state index contributed by atoms with van der Waals surface area (Å²) in [5.74, 6) is -0.419. The first-order valence-corrected chi connectivity index (χ1v) is 25.8. The largest absolute Gasteiger partial charge is 0.462 e. The number of unbranched alkanes of at least 4 members (excludes halogenated alkanes) is 26. The van der Waals surface area contributed by atoms with E-state index in [-0.39, 0.29) is 25.2 Å². The summed E-state index contributed by atoms with van der Waals surface area (Å²) in [7, 11) is 0. The third kappa shape index (κ3) is 48.3. The zero-order valence-electron chi connectivity index (χ0n) is 40.0. The molecule has 5 nitrogen and oxygen atoms in total. The van der Waals surface area contributed by atoms with Crippen LogP contribution in [-0.2, 0) is 23.8 Å². The molecular formula is C55H98O5. The van der Waals surface area contributed by atoms with Gasteiger partial charge in [0.2, 0.25) is 0 Å². The Balaban J connectivity index is 4.27. The SMILES string of the molecule is CC/C=C\C/C=C\C/C=C\C/C=C\CCCCCOCC(COC(=O)CCCCCCCCCCCCCCCCCCC)OC(=O)CCCCCCC/C=C\CCCC. The maximum absolute atomic E-state index is 12.8. The molecule has 1 atom stereocenters. The summed E-state index contributed by atoms with van der Waals surface area (Å²) in [6, 6.07) is 0. The Morgan fingerprint density at radius 1 is 0.383 bits per heavy atom. The molecule has 0 aromatic heterocycles. The van der Waals surface area contributed by atoms with Gasteiger partial charge in [-0.05, 0) is 77.0 Å². The normalized spacial score (nSPS) is 12.7. The van der Waals surface area contributed by atoms with E-state index in [0.29, 0.717) is 19.4 Å². The van der Waals surface area contributed by atoms with Crippen LogP contribution in [0.5, 0.6) is 0 Å². The van der Waals surface area contributed by atoms with Crippen molar-refractivity contribution in [1.82, 2.24) is 0 Å². The second kappa shape index (κ2) is 51.0. The van der Waals surface area contributed by atoms with E-state index in [4.69, 9.17) is 14.2 Å². The number of carbonyl (C=O) groups is 2. The molecule has 0 spiro atoms. The van der Waals surface area contributed by atoms with Gasteiger partial charge < -0.3 is 14.2 Å². The number of carbonyl (C=O) groups excluding carboxylic acids is 2. The third-order valence-corrected chi connectivity index (χ3v) is 11.0. The second-order valence-corrected chi connectivity index (χ2v) is 17.0. The van der Waals surface area contributed by atoms with E-state index in [1.54, 1.807) is 0 Å². The van der Waals surface area contributed by atoms with Crippen LogP contribution in [0.15, 0.2) is 60.8 Å². The number of hydrogen-bond acceptors (Lipinski definition) is 5. The number of ether oxygens (including phenoxy) is 3. The summed E-state index contributed by atoms with van der Waals surface area (Å²) < 4.78 is 17.4. The van der Waals surface area contributed by atoms with Crippen molar-refractivity contribution in [3.05, 3.63) is 60.8 Å². The van der Waals surface area contributed by atoms with Gasteiger partial charge in [0.15, 0.2) is 6.10 Å². The molecule has 0 rings (SSSR count). The Hall–Kier alpha value is -2.40. The fourth-order valence-corrected chi connectivity index (χ4v) is 7.19. The Morgan fingerprint density at radius 2 is 0.767 bits per heavy atom. The molecule has 0 N–H and O–H groups in total. The summed E-state index contributed by atoms with van der Waals surface area (Å²) in [6.45, 7) is 7.62. The molecule has 0 aliphatic carbocycles. The average Bonchev–Trinajstić information content (AvgIpc) is 3.25. The third-order valence-electron chi connectivity index (χ3n) is 11.0. The van der Waals surface area contributed by atoms with Crippen molar-refractivity contribution in [1.29, 1.82) is 0 Å². The predicted molar refractivity (Wildman–Crippen MR) is 261 cm³/mol. The van der Waals surface area contributed by atoms with Gasteiger partial charge in [-0.1, -0.05) is 223 Å². The summed E-state index contributed by atoms with van der Waals surface area (Å²) in [6.07, 6.45) is 63.8. The number of esters is 2. The number of allylic oxidation sites excluding steroid dienone is 10. The van der Waals surface area contributed by atoms with E-state index >= 15 is 0 Å². The van der Waals surface area contributed by atoms with Gasteiger partial charge in [0.25, 0.3) is 0 Å². The molecule has 60 heavy (non-hydrogen) atoms. The molecule has 0 saturated heterocycles. The van der Waals surface area contributed by atoms with Crippen LogP contribution < -0.4 is 0 Å². The lowest BCUT2D eigenvalue weighted by atomic mass is 10.0. The van der Waals surface area contributed by atoms with Crippen molar-refractivity contribution in [3.63, 3.8) is 0 Å². The topological polar surface area (TPSA) is 61.8 Å². The molecule has 0 aliphatic heterocycles. The van der Waals surface area contributed by atoms with Crippen molar-refractivity contribution < 1.29 is 23.8 Å². The van der Waals surface area contributed by atoms with Crippen LogP contribution in [0.1, 0.15) is 252 Å². The van der Waals surface area contributed by atoms with Crippen molar-refractivity contribution in [2.45, 2.75) is 258 Å². The molecule has 1 unspecified atom stereocenters. The predicted octanol–water partition coefficient (Wildman–Crippen LogP) is 17.3. The molecule has 0 amide bonds. The first-order chi connectivity index (χ1) is 29.6. The van der Waals surface area contributed by atoms with Crippen LogP contribution in [0, 0.1) is 0 Å². The van der Waals surface area contributed by atoms with E-state index in [1.165, 1.54) is 128 Å². The standard InChI is InChI=1S/C55H98O5/c1-4-7-10-13-16-19-22-24-26-28-29-31-34-36-39-42-45-48-54(56)59-52-53(60-55(57)49-46-43-40-37-33-21-18-15-12-9-6-3)51-58-50-47-44-41-38-35-32-30-27-25-23-20-17-14-11-8-5-2/h8,11,15,17-18,20,25,27,32,35,53H,4-7,9-10,12-14,16,19,21-24,26,28-31,33-34,36-52H2,1-3H3/b11-8-,18-15-,20-17-,27-25-,35-32-. The molecule has 348 valence electrons. The summed E-state index contributed by atoms with van der Waals surface area (Å²) in [4.78, 5) is 25.4. The van der Waals surface area contributed by atoms with Crippen molar-refractivity contribution >= 4 is 11.9 Å². The summed E-state index contributed by atoms with van der Waals surface area (Å²) in [5, 5.41) is 0. The minimum atomic E-state index is -0.555. The summed E-state index contributed by atoms with van der Waals surface area (Å²) >= 11 is 0. The molecule has 0 saturated carbocycles. The smallest absolute Gasteiger partial charge is 0.306 e. The Labute approximate surface area is 373 Å². The fourth-order valence-electron chi connectivity index (χ4n) is 7.19. The highest BCUT2D eigenvalue weighted by Crippen LogP contribution is 2.15. The lowest BCUT2D eigenvalue weighted by molar-refractivity contribution is -0.163. The zero-order chi connectivity index (χ0) is 43.5. The molecule has 5 heteroatoms. The van der Waals surface area contributed by atoms with Crippen LogP contribution in [0.2, 0.25) is 0 Å². The van der Waals surface area contributed by atoms with E-state index in [9.17, 15) is 9.59 Å². The number of hydrogen-bond donors (Lipinski definition) is 0. The van der Waals surface area contributed by atoms with Gasteiger partial charge in [-0.3, -0.25) is 9.59 Å².